The molecule has 1 aromatic heterocycles. The number of nitrogens with zero attached hydrogens (tertiary/aromatic N) is 4. The molecular weight excluding hydrogens is 634 g/mol. The quantitative estimate of drug-likeness (QED) is 0.0772. The largest absolute Gasteiger partial charge is 0.354 e. The van der Waals surface area contributed by atoms with Crippen molar-refractivity contribution in [1.82, 2.24) is 20.2 Å². The predicted molar refractivity (Wildman–Crippen MR) is 199 cm³/mol. The van der Waals surface area contributed by atoms with Crippen LogP contribution in [0.15, 0.2) is 133 Å². The summed E-state index contributed by atoms with van der Waals surface area (Å²) in [5, 5.41) is 4.22. The van der Waals surface area contributed by atoms with Crippen LogP contribution in [0.5, 0.6) is 0 Å². The van der Waals surface area contributed by atoms with Gasteiger partial charge < -0.3 is 10.2 Å². The van der Waals surface area contributed by atoms with Gasteiger partial charge in [-0.15, -0.1) is 0 Å². The summed E-state index contributed by atoms with van der Waals surface area (Å²) in [7, 11) is 0. The number of anilines is 1. The van der Waals surface area contributed by atoms with Gasteiger partial charge in [-0.3, -0.25) is 9.69 Å². The van der Waals surface area contributed by atoms with Gasteiger partial charge in [0.15, 0.2) is 5.16 Å². The molecule has 0 atom stereocenters. The van der Waals surface area contributed by atoms with Crippen LogP contribution < -0.4 is 10.2 Å². The van der Waals surface area contributed by atoms with Crippen molar-refractivity contribution in [2.75, 3.05) is 44.2 Å². The number of benzene rings is 4. The molecule has 6 nitrogen and oxygen atoms in total. The third-order valence-corrected chi connectivity index (χ3v) is 9.65. The maximum Gasteiger partial charge on any atom is 0.251 e. The summed E-state index contributed by atoms with van der Waals surface area (Å²) in [5.41, 5.74) is 5.46. The Morgan fingerprint density at radius 2 is 1.44 bits per heavy atom. The molecule has 0 unspecified atom stereocenters. The summed E-state index contributed by atoms with van der Waals surface area (Å²) in [5.74, 6) is 1.70. The van der Waals surface area contributed by atoms with Crippen LogP contribution in [0.3, 0.4) is 0 Å². The number of amides is 1. The average molecular weight is 674 g/mol. The molecule has 1 fully saturated rings. The van der Waals surface area contributed by atoms with E-state index in [1.54, 1.807) is 11.8 Å². The smallest absolute Gasteiger partial charge is 0.251 e. The Morgan fingerprint density at radius 1 is 0.812 bits per heavy atom. The van der Waals surface area contributed by atoms with E-state index in [0.717, 1.165) is 50.5 Å². The number of hydrogen-bond donors (Lipinski definition) is 1. The van der Waals surface area contributed by atoms with Crippen LogP contribution in [-0.4, -0.2) is 60.0 Å². The fourth-order valence-corrected chi connectivity index (χ4v) is 6.94. The van der Waals surface area contributed by atoms with E-state index in [0.29, 0.717) is 28.2 Å². The number of carbonyl (C=O) groups is 1. The van der Waals surface area contributed by atoms with Gasteiger partial charge in [-0.2, -0.15) is 0 Å². The Bertz CT molecular complexity index is 1720. The third kappa shape index (κ3) is 9.57. The van der Waals surface area contributed by atoms with E-state index in [1.807, 2.05) is 48.5 Å². The minimum absolute atomic E-state index is 0.0655. The highest BCUT2D eigenvalue weighted by Gasteiger charge is 2.19. The molecule has 8 heteroatoms. The lowest BCUT2D eigenvalue weighted by molar-refractivity contribution is 0.0952. The first-order valence-electron chi connectivity index (χ1n) is 16.4. The molecule has 0 radical (unpaired) electrons. The van der Waals surface area contributed by atoms with E-state index in [-0.39, 0.29) is 11.8 Å². The summed E-state index contributed by atoms with van der Waals surface area (Å²) in [6.07, 6.45) is 5.23. The van der Waals surface area contributed by atoms with Crippen molar-refractivity contribution < 1.29 is 4.79 Å². The molecule has 2 heterocycles. The fourth-order valence-electron chi connectivity index (χ4n) is 5.90. The van der Waals surface area contributed by atoms with Crippen molar-refractivity contribution in [3.63, 3.8) is 0 Å². The van der Waals surface area contributed by atoms with Crippen LogP contribution in [0.1, 0.15) is 45.0 Å². The van der Waals surface area contributed by atoms with Crippen LogP contribution in [0.4, 0.5) is 5.82 Å². The second-order valence-corrected chi connectivity index (χ2v) is 13.2. The van der Waals surface area contributed by atoms with E-state index in [4.69, 9.17) is 16.6 Å². The molecule has 6 rings (SSSR count). The third-order valence-electron chi connectivity index (χ3n) is 8.54. The van der Waals surface area contributed by atoms with E-state index < -0.39 is 0 Å². The topological polar surface area (TPSA) is 61.4 Å². The van der Waals surface area contributed by atoms with Gasteiger partial charge >= 0.3 is 0 Å². The normalized spacial score (nSPS) is 13.7. The molecule has 0 aliphatic carbocycles. The highest BCUT2D eigenvalue weighted by molar-refractivity contribution is 7.98. The molecule has 1 N–H and O–H groups in total. The minimum atomic E-state index is -0.0655. The lowest BCUT2D eigenvalue weighted by Gasteiger charge is -2.35. The highest BCUT2D eigenvalue weighted by Crippen LogP contribution is 2.28. The molecule has 1 aliphatic heterocycles. The van der Waals surface area contributed by atoms with Crippen LogP contribution in [-0.2, 0) is 5.75 Å². The second kappa shape index (κ2) is 17.1. The highest BCUT2D eigenvalue weighted by atomic mass is 35.5. The van der Waals surface area contributed by atoms with Crippen molar-refractivity contribution in [3.05, 3.63) is 160 Å². The zero-order valence-corrected chi connectivity index (χ0v) is 28.5. The lowest BCUT2D eigenvalue weighted by atomic mass is 9.88. The fraction of sp³-hybridized carbons (Fsp3) is 0.225. The molecule has 0 bridgehead atoms. The molecule has 0 saturated carbocycles. The van der Waals surface area contributed by atoms with Crippen molar-refractivity contribution in [2.45, 2.75) is 23.2 Å². The molecule has 4 aromatic carbocycles. The molecular formula is C40H40ClN5OS. The molecule has 1 saturated heterocycles. The Hall–Kier alpha value is -4.43. The molecule has 1 amide bonds. The summed E-state index contributed by atoms with van der Waals surface area (Å²) >= 11 is 7.99. The molecule has 0 spiro atoms. The van der Waals surface area contributed by atoms with Crippen molar-refractivity contribution in [2.24, 2.45) is 0 Å². The van der Waals surface area contributed by atoms with Crippen molar-refractivity contribution in [1.29, 1.82) is 0 Å². The molecule has 5 aromatic rings. The summed E-state index contributed by atoms with van der Waals surface area (Å²) in [4.78, 5) is 27.0. The Balaban J connectivity index is 0.971. The first-order valence-corrected chi connectivity index (χ1v) is 17.8. The van der Waals surface area contributed by atoms with Crippen LogP contribution >= 0.6 is 23.4 Å². The molecule has 244 valence electrons. The van der Waals surface area contributed by atoms with Crippen LogP contribution in [0.2, 0.25) is 5.15 Å². The summed E-state index contributed by atoms with van der Waals surface area (Å²) in [6.45, 7) is 5.21. The van der Waals surface area contributed by atoms with E-state index in [2.05, 4.69) is 105 Å². The monoisotopic (exact) mass is 673 g/mol. The standard InChI is InChI=1S/C40H40ClN5OS/c41-37-29-38(46-27-25-45(26-28-46)24-10-13-31-11-4-1-5-12-31)44-40(43-37)48-30-32-18-20-35(21-19-32)39(47)42-23-22-36(33-14-6-2-7-15-33)34-16-8-3-9-17-34/h1-21,29,36H,22-28,30H2,(H,42,47). The number of rotatable bonds is 13. The number of nitrogens with one attached hydrogen (secondary N) is 1. The van der Waals surface area contributed by atoms with Gasteiger partial charge in [-0.25, -0.2) is 9.97 Å². The van der Waals surface area contributed by atoms with Crippen molar-refractivity contribution in [3.8, 4) is 0 Å². The molecule has 48 heavy (non-hydrogen) atoms. The maximum atomic E-state index is 13.0. The Labute approximate surface area is 292 Å². The van der Waals surface area contributed by atoms with E-state index in [1.165, 1.54) is 16.7 Å². The average Bonchev–Trinajstić information content (AvgIpc) is 3.14. The first kappa shape index (κ1) is 33.5. The first-order chi connectivity index (χ1) is 23.6. The predicted octanol–water partition coefficient (Wildman–Crippen LogP) is 8.21. The van der Waals surface area contributed by atoms with Gasteiger partial charge in [-0.1, -0.05) is 139 Å². The summed E-state index contributed by atoms with van der Waals surface area (Å²) < 4.78 is 0. The van der Waals surface area contributed by atoms with E-state index >= 15 is 0 Å². The Morgan fingerprint density at radius 3 is 2.08 bits per heavy atom. The van der Waals surface area contributed by atoms with Crippen LogP contribution in [0.25, 0.3) is 6.08 Å². The van der Waals surface area contributed by atoms with Gasteiger partial charge in [0.25, 0.3) is 5.91 Å². The van der Waals surface area contributed by atoms with Gasteiger partial charge in [0.2, 0.25) is 0 Å². The number of thioether (sulfide) groups is 1. The van der Waals surface area contributed by atoms with Gasteiger partial charge in [0.1, 0.15) is 11.0 Å². The lowest BCUT2D eigenvalue weighted by Crippen LogP contribution is -2.46. The minimum Gasteiger partial charge on any atom is -0.354 e. The number of aromatic nitrogens is 2. The number of piperazine rings is 1. The van der Waals surface area contributed by atoms with Crippen molar-refractivity contribution >= 4 is 41.2 Å². The van der Waals surface area contributed by atoms with Gasteiger partial charge in [0, 0.05) is 62.6 Å². The number of hydrogen-bond acceptors (Lipinski definition) is 6. The van der Waals surface area contributed by atoms with E-state index in [9.17, 15) is 4.79 Å². The zero-order valence-electron chi connectivity index (χ0n) is 26.9. The second-order valence-electron chi connectivity index (χ2n) is 11.8. The summed E-state index contributed by atoms with van der Waals surface area (Å²) in [6, 6.07) is 40.9. The molecule has 1 aliphatic rings. The van der Waals surface area contributed by atoms with Crippen LogP contribution in [0, 0.1) is 0 Å². The van der Waals surface area contributed by atoms with Gasteiger partial charge in [-0.05, 0) is 40.8 Å². The van der Waals surface area contributed by atoms with Gasteiger partial charge in [0.05, 0.1) is 0 Å². The zero-order chi connectivity index (χ0) is 33.0. The Kier molecular flexibility index (Phi) is 11.9. The SMILES string of the molecule is O=C(NCCC(c1ccccc1)c1ccccc1)c1ccc(CSc2nc(Cl)cc(N3CCN(CC=Cc4ccccc4)CC3)n2)cc1. The number of carbonyl (C=O) groups excluding carboxylic acids is 1. The number of halogens is 1. The maximum absolute atomic E-state index is 13.0.